The highest BCUT2D eigenvalue weighted by Crippen LogP contribution is 2.07. The summed E-state index contributed by atoms with van der Waals surface area (Å²) in [5.41, 5.74) is -0.215. The van der Waals surface area contributed by atoms with Crippen LogP contribution >= 0.6 is 0 Å². The van der Waals surface area contributed by atoms with Gasteiger partial charge in [-0.3, -0.25) is 10.1 Å². The van der Waals surface area contributed by atoms with Crippen LogP contribution in [0.2, 0.25) is 0 Å². The first-order valence-corrected chi connectivity index (χ1v) is 5.51. The zero-order chi connectivity index (χ0) is 14.5. The molecule has 2 heterocycles. The van der Waals surface area contributed by atoms with Crippen LogP contribution in [-0.4, -0.2) is 42.1 Å². The Balaban J connectivity index is 1.85. The smallest absolute Gasteiger partial charge is 0.356 e. The van der Waals surface area contributed by atoms with Gasteiger partial charge in [-0.2, -0.15) is 0 Å². The molecule has 0 saturated heterocycles. The first kappa shape index (κ1) is 13.4. The molecule has 0 amide bonds. The zero-order valence-corrected chi connectivity index (χ0v) is 10.1. The van der Waals surface area contributed by atoms with E-state index in [-0.39, 0.29) is 17.3 Å². The monoisotopic (exact) mass is 278 g/mol. The van der Waals surface area contributed by atoms with Gasteiger partial charge in [-0.1, -0.05) is 0 Å². The molecule has 2 rings (SSSR count). The molecule has 0 radical (unpaired) electrons. The zero-order valence-electron chi connectivity index (χ0n) is 10.1. The molecule has 0 spiro atoms. The molecular formula is C10H10N6O4. The number of carboxylic acid groups (broad SMARTS) is 1. The minimum atomic E-state index is -1.09. The largest absolute Gasteiger partial charge is 0.476 e. The standard InChI is InChI=1S/C10H10N6O4/c17-9(18)8-5-15(6-14-8)2-1-11-10-12-3-7(4-13-10)16(19)20/h3-6H,1-2H2,(H,17,18)(H,11,12,13). The summed E-state index contributed by atoms with van der Waals surface area (Å²) in [4.78, 5) is 31.7. The molecule has 0 aromatic carbocycles. The van der Waals surface area contributed by atoms with Crippen molar-refractivity contribution in [3.63, 3.8) is 0 Å². The summed E-state index contributed by atoms with van der Waals surface area (Å²) in [6.07, 6.45) is 5.02. The third-order valence-corrected chi connectivity index (χ3v) is 2.35. The predicted octanol–water partition coefficient (Wildman–Crippen LogP) is 0.392. The van der Waals surface area contributed by atoms with E-state index in [0.29, 0.717) is 13.1 Å². The normalized spacial score (nSPS) is 10.2. The van der Waals surface area contributed by atoms with E-state index in [0.717, 1.165) is 12.4 Å². The van der Waals surface area contributed by atoms with E-state index in [9.17, 15) is 14.9 Å². The SMILES string of the molecule is O=C(O)c1cn(CCNc2ncc([N+](=O)[O-])cn2)cn1. The van der Waals surface area contributed by atoms with Gasteiger partial charge in [-0.15, -0.1) is 0 Å². The number of nitro groups is 1. The molecule has 2 aromatic heterocycles. The molecule has 10 heteroatoms. The molecule has 104 valence electrons. The van der Waals surface area contributed by atoms with Crippen molar-refractivity contribution >= 4 is 17.6 Å². The highest BCUT2D eigenvalue weighted by molar-refractivity contribution is 5.84. The number of hydrogen-bond acceptors (Lipinski definition) is 7. The molecule has 2 N–H and O–H groups in total. The van der Waals surface area contributed by atoms with Crippen molar-refractivity contribution in [2.75, 3.05) is 11.9 Å². The molecule has 0 aliphatic heterocycles. The van der Waals surface area contributed by atoms with Crippen LogP contribution in [0.3, 0.4) is 0 Å². The Morgan fingerprint density at radius 3 is 2.65 bits per heavy atom. The lowest BCUT2D eigenvalue weighted by atomic mass is 10.5. The summed E-state index contributed by atoms with van der Waals surface area (Å²) in [6.45, 7) is 0.883. The lowest BCUT2D eigenvalue weighted by Gasteiger charge is -2.04. The fourth-order valence-electron chi connectivity index (χ4n) is 1.40. The number of nitrogens with one attached hydrogen (secondary N) is 1. The van der Waals surface area contributed by atoms with Crippen LogP contribution in [-0.2, 0) is 6.54 Å². The Kier molecular flexibility index (Phi) is 3.84. The number of anilines is 1. The Hall–Kier alpha value is -3.04. The molecule has 0 unspecified atom stereocenters. The first-order chi connectivity index (χ1) is 9.56. The number of aromatic carboxylic acids is 1. The molecule has 0 fully saturated rings. The van der Waals surface area contributed by atoms with Crippen LogP contribution in [0.15, 0.2) is 24.9 Å². The van der Waals surface area contributed by atoms with Gasteiger partial charge in [0.05, 0.1) is 11.3 Å². The number of nitrogens with zero attached hydrogens (tertiary/aromatic N) is 5. The lowest BCUT2D eigenvalue weighted by Crippen LogP contribution is -2.11. The highest BCUT2D eigenvalue weighted by Gasteiger charge is 2.07. The van der Waals surface area contributed by atoms with Crippen LogP contribution in [0.1, 0.15) is 10.5 Å². The summed E-state index contributed by atoms with van der Waals surface area (Å²) in [5.74, 6) is -0.829. The number of hydrogen-bond donors (Lipinski definition) is 2. The van der Waals surface area contributed by atoms with Crippen LogP contribution in [0.5, 0.6) is 0 Å². The van der Waals surface area contributed by atoms with Gasteiger partial charge in [-0.05, 0) is 0 Å². The van der Waals surface area contributed by atoms with E-state index in [2.05, 4.69) is 20.3 Å². The van der Waals surface area contributed by atoms with E-state index in [1.54, 1.807) is 4.57 Å². The van der Waals surface area contributed by atoms with E-state index in [1.807, 2.05) is 0 Å². The number of aromatic nitrogens is 4. The quantitative estimate of drug-likeness (QED) is 0.572. The average molecular weight is 278 g/mol. The van der Waals surface area contributed by atoms with E-state index in [4.69, 9.17) is 5.11 Å². The molecule has 2 aromatic rings. The second kappa shape index (κ2) is 5.73. The van der Waals surface area contributed by atoms with Gasteiger partial charge in [0.2, 0.25) is 5.95 Å². The van der Waals surface area contributed by atoms with Crippen LogP contribution in [0.4, 0.5) is 11.6 Å². The van der Waals surface area contributed by atoms with Gasteiger partial charge < -0.3 is 15.0 Å². The van der Waals surface area contributed by atoms with Gasteiger partial charge in [0.25, 0.3) is 0 Å². The predicted molar refractivity (Wildman–Crippen MR) is 66.4 cm³/mol. The minimum Gasteiger partial charge on any atom is -0.476 e. The van der Waals surface area contributed by atoms with Crippen LogP contribution in [0, 0.1) is 10.1 Å². The fourth-order valence-corrected chi connectivity index (χ4v) is 1.40. The number of imidazole rings is 1. The van der Waals surface area contributed by atoms with E-state index >= 15 is 0 Å². The average Bonchev–Trinajstić information content (AvgIpc) is 2.88. The van der Waals surface area contributed by atoms with E-state index < -0.39 is 10.9 Å². The van der Waals surface area contributed by atoms with Crippen molar-refractivity contribution in [2.24, 2.45) is 0 Å². The second-order valence-electron chi connectivity index (χ2n) is 3.75. The maximum Gasteiger partial charge on any atom is 0.356 e. The Morgan fingerprint density at radius 2 is 2.10 bits per heavy atom. The van der Waals surface area contributed by atoms with E-state index in [1.165, 1.54) is 12.5 Å². The van der Waals surface area contributed by atoms with Gasteiger partial charge >= 0.3 is 11.7 Å². The van der Waals surface area contributed by atoms with Gasteiger partial charge in [0.1, 0.15) is 12.4 Å². The molecule has 0 bridgehead atoms. The summed E-state index contributed by atoms with van der Waals surface area (Å²) in [6, 6.07) is 0. The molecule has 10 nitrogen and oxygen atoms in total. The van der Waals surface area contributed by atoms with Crippen molar-refractivity contribution < 1.29 is 14.8 Å². The maximum atomic E-state index is 10.6. The van der Waals surface area contributed by atoms with Crippen molar-refractivity contribution in [3.8, 4) is 0 Å². The van der Waals surface area contributed by atoms with Gasteiger partial charge in [-0.25, -0.2) is 19.7 Å². The third kappa shape index (κ3) is 3.25. The minimum absolute atomic E-state index is 0.0309. The highest BCUT2D eigenvalue weighted by atomic mass is 16.6. The molecule has 0 aliphatic carbocycles. The van der Waals surface area contributed by atoms with Crippen molar-refractivity contribution in [1.82, 2.24) is 19.5 Å². The molecule has 0 saturated carbocycles. The van der Waals surface area contributed by atoms with Crippen LogP contribution in [0.25, 0.3) is 0 Å². The van der Waals surface area contributed by atoms with Crippen LogP contribution < -0.4 is 5.32 Å². The Labute approximate surface area is 112 Å². The fraction of sp³-hybridized carbons (Fsp3) is 0.200. The van der Waals surface area contributed by atoms with Gasteiger partial charge in [0, 0.05) is 19.3 Å². The van der Waals surface area contributed by atoms with Crippen molar-refractivity contribution in [3.05, 3.63) is 40.7 Å². The summed E-state index contributed by atoms with van der Waals surface area (Å²) < 4.78 is 1.60. The van der Waals surface area contributed by atoms with Crippen molar-refractivity contribution in [2.45, 2.75) is 6.54 Å². The summed E-state index contributed by atoms with van der Waals surface area (Å²) >= 11 is 0. The topological polar surface area (TPSA) is 136 Å². The number of rotatable bonds is 6. The summed E-state index contributed by atoms with van der Waals surface area (Å²) in [7, 11) is 0. The third-order valence-electron chi connectivity index (χ3n) is 2.35. The summed E-state index contributed by atoms with van der Waals surface area (Å²) in [5, 5.41) is 22.0. The number of carboxylic acids is 1. The molecular weight excluding hydrogens is 268 g/mol. The Bertz CT molecular complexity index is 623. The molecule has 0 aliphatic rings. The second-order valence-corrected chi connectivity index (χ2v) is 3.75. The Morgan fingerprint density at radius 1 is 1.40 bits per heavy atom. The number of carbonyl (C=O) groups is 1. The first-order valence-electron chi connectivity index (χ1n) is 5.51. The van der Waals surface area contributed by atoms with Crippen molar-refractivity contribution in [1.29, 1.82) is 0 Å². The maximum absolute atomic E-state index is 10.6. The molecule has 0 atom stereocenters. The lowest BCUT2D eigenvalue weighted by molar-refractivity contribution is -0.385. The molecule has 20 heavy (non-hydrogen) atoms. The van der Waals surface area contributed by atoms with Gasteiger partial charge in [0.15, 0.2) is 5.69 Å².